The third-order valence-electron chi connectivity index (χ3n) is 5.22. The standard InChI is InChI=1S/C25H23NO5/c1-14-9-10-15(2)18(11-14)25(28)30-16(3)24(27)26-20-13-22-19(12-23(20)29-4)17-7-5-6-8-21(17)31-22/h5-13,16H,1-4H3,(H,26,27)/t16-/m1/s1. The van der Waals surface area contributed by atoms with E-state index in [1.54, 1.807) is 12.1 Å². The summed E-state index contributed by atoms with van der Waals surface area (Å²) in [4.78, 5) is 25.3. The van der Waals surface area contributed by atoms with Crippen LogP contribution in [0.5, 0.6) is 5.75 Å². The van der Waals surface area contributed by atoms with Crippen LogP contribution < -0.4 is 10.1 Å². The minimum atomic E-state index is -0.997. The average Bonchev–Trinajstić information content (AvgIpc) is 3.11. The number of amides is 1. The molecule has 1 aromatic heterocycles. The van der Waals surface area contributed by atoms with Gasteiger partial charge in [0.05, 0.1) is 18.4 Å². The minimum absolute atomic E-state index is 0.439. The maximum Gasteiger partial charge on any atom is 0.339 e. The van der Waals surface area contributed by atoms with Crippen LogP contribution in [0.25, 0.3) is 21.9 Å². The molecule has 31 heavy (non-hydrogen) atoms. The summed E-state index contributed by atoms with van der Waals surface area (Å²) in [6, 6.07) is 16.7. The van der Waals surface area contributed by atoms with E-state index >= 15 is 0 Å². The molecule has 3 aromatic carbocycles. The highest BCUT2D eigenvalue weighted by atomic mass is 16.5. The molecule has 1 amide bonds. The van der Waals surface area contributed by atoms with E-state index in [1.807, 2.05) is 56.3 Å². The molecule has 4 aromatic rings. The van der Waals surface area contributed by atoms with E-state index in [4.69, 9.17) is 13.9 Å². The molecule has 4 rings (SSSR count). The largest absolute Gasteiger partial charge is 0.495 e. The van der Waals surface area contributed by atoms with E-state index in [-0.39, 0.29) is 0 Å². The van der Waals surface area contributed by atoms with Crippen molar-refractivity contribution in [2.45, 2.75) is 26.9 Å². The number of ether oxygens (including phenoxy) is 2. The van der Waals surface area contributed by atoms with Gasteiger partial charge in [-0.15, -0.1) is 0 Å². The second kappa shape index (κ2) is 8.14. The normalized spacial score (nSPS) is 12.0. The van der Waals surface area contributed by atoms with Crippen LogP contribution in [0.2, 0.25) is 0 Å². The van der Waals surface area contributed by atoms with Crippen molar-refractivity contribution < 1.29 is 23.5 Å². The maximum atomic E-state index is 12.7. The Morgan fingerprint density at radius 3 is 2.52 bits per heavy atom. The molecule has 158 valence electrons. The zero-order valence-electron chi connectivity index (χ0n) is 17.8. The lowest BCUT2D eigenvalue weighted by molar-refractivity contribution is -0.123. The lowest BCUT2D eigenvalue weighted by Gasteiger charge is -2.16. The molecule has 0 spiro atoms. The first-order valence-electron chi connectivity index (χ1n) is 9.95. The first kappa shape index (κ1) is 20.5. The molecule has 0 unspecified atom stereocenters. The lowest BCUT2D eigenvalue weighted by Crippen LogP contribution is -2.30. The SMILES string of the molecule is COc1cc2c(cc1NC(=O)[C@@H](C)OC(=O)c1cc(C)ccc1C)oc1ccccc12. The zero-order valence-corrected chi connectivity index (χ0v) is 17.8. The number of benzene rings is 3. The molecule has 0 radical (unpaired) electrons. The highest BCUT2D eigenvalue weighted by molar-refractivity contribution is 6.08. The molecule has 0 fully saturated rings. The van der Waals surface area contributed by atoms with Gasteiger partial charge in [0.25, 0.3) is 5.91 Å². The summed E-state index contributed by atoms with van der Waals surface area (Å²) >= 11 is 0. The van der Waals surface area contributed by atoms with Gasteiger partial charge in [-0.25, -0.2) is 4.79 Å². The summed E-state index contributed by atoms with van der Waals surface area (Å²) in [5.41, 5.74) is 3.99. The van der Waals surface area contributed by atoms with Crippen molar-refractivity contribution in [2.24, 2.45) is 0 Å². The van der Waals surface area contributed by atoms with Crippen molar-refractivity contribution in [3.8, 4) is 5.75 Å². The first-order valence-corrected chi connectivity index (χ1v) is 9.95. The topological polar surface area (TPSA) is 77.8 Å². The summed E-state index contributed by atoms with van der Waals surface area (Å²) in [5.74, 6) is -0.517. The number of aryl methyl sites for hydroxylation is 2. The number of esters is 1. The fourth-order valence-corrected chi connectivity index (χ4v) is 3.49. The fourth-order valence-electron chi connectivity index (χ4n) is 3.49. The van der Waals surface area contributed by atoms with E-state index < -0.39 is 18.0 Å². The van der Waals surface area contributed by atoms with Gasteiger partial charge in [0, 0.05) is 16.8 Å². The second-order valence-electron chi connectivity index (χ2n) is 7.50. The number of rotatable bonds is 5. The molecular weight excluding hydrogens is 394 g/mol. The predicted molar refractivity (Wildman–Crippen MR) is 120 cm³/mol. The van der Waals surface area contributed by atoms with Gasteiger partial charge in [0.15, 0.2) is 6.10 Å². The Morgan fingerprint density at radius 2 is 1.74 bits per heavy atom. The van der Waals surface area contributed by atoms with E-state index in [0.717, 1.165) is 27.5 Å². The highest BCUT2D eigenvalue weighted by Crippen LogP contribution is 2.36. The minimum Gasteiger partial charge on any atom is -0.495 e. The first-order chi connectivity index (χ1) is 14.9. The number of furan rings is 1. The Kier molecular flexibility index (Phi) is 5.38. The Hall–Kier alpha value is -3.80. The van der Waals surface area contributed by atoms with Crippen molar-refractivity contribution in [2.75, 3.05) is 12.4 Å². The zero-order chi connectivity index (χ0) is 22.1. The van der Waals surface area contributed by atoms with Gasteiger partial charge < -0.3 is 19.2 Å². The maximum absolute atomic E-state index is 12.7. The molecule has 0 saturated heterocycles. The molecule has 0 aliphatic rings. The smallest absolute Gasteiger partial charge is 0.339 e. The van der Waals surface area contributed by atoms with Crippen LogP contribution in [0.3, 0.4) is 0 Å². The lowest BCUT2D eigenvalue weighted by atomic mass is 10.1. The van der Waals surface area contributed by atoms with Crippen LogP contribution in [0.15, 0.2) is 59.0 Å². The van der Waals surface area contributed by atoms with Gasteiger partial charge in [0.2, 0.25) is 0 Å². The van der Waals surface area contributed by atoms with Gasteiger partial charge in [0.1, 0.15) is 16.9 Å². The van der Waals surface area contributed by atoms with E-state index in [9.17, 15) is 9.59 Å². The summed E-state index contributed by atoms with van der Waals surface area (Å²) in [6.45, 7) is 5.26. The molecular formula is C25H23NO5. The highest BCUT2D eigenvalue weighted by Gasteiger charge is 2.22. The second-order valence-corrected chi connectivity index (χ2v) is 7.50. The number of hydrogen-bond donors (Lipinski definition) is 1. The van der Waals surface area contributed by atoms with Crippen LogP contribution in [-0.2, 0) is 9.53 Å². The Balaban J connectivity index is 1.56. The van der Waals surface area contributed by atoms with Crippen molar-refractivity contribution in [3.63, 3.8) is 0 Å². The van der Waals surface area contributed by atoms with Gasteiger partial charge in [-0.2, -0.15) is 0 Å². The number of carbonyl (C=O) groups is 2. The van der Waals surface area contributed by atoms with Crippen molar-refractivity contribution in [1.82, 2.24) is 0 Å². The summed E-state index contributed by atoms with van der Waals surface area (Å²) in [6.07, 6.45) is -0.997. The molecule has 1 atom stereocenters. The van der Waals surface area contributed by atoms with Gasteiger partial charge in [-0.05, 0) is 44.5 Å². The van der Waals surface area contributed by atoms with Crippen molar-refractivity contribution >= 4 is 39.5 Å². The number of carbonyl (C=O) groups excluding carboxylic acids is 2. The van der Waals surface area contributed by atoms with Crippen LogP contribution in [0.1, 0.15) is 28.4 Å². The monoisotopic (exact) mass is 417 g/mol. The number of nitrogens with one attached hydrogen (secondary N) is 1. The van der Waals surface area contributed by atoms with Crippen LogP contribution in [0, 0.1) is 13.8 Å². The molecule has 6 nitrogen and oxygen atoms in total. The van der Waals surface area contributed by atoms with Crippen LogP contribution in [0.4, 0.5) is 5.69 Å². The summed E-state index contributed by atoms with van der Waals surface area (Å²) in [7, 11) is 1.53. The van der Waals surface area contributed by atoms with Crippen molar-refractivity contribution in [3.05, 3.63) is 71.3 Å². The molecule has 0 saturated carbocycles. The third-order valence-corrected chi connectivity index (χ3v) is 5.22. The number of methoxy groups -OCH3 is 1. The van der Waals surface area contributed by atoms with Gasteiger partial charge in [-0.3, -0.25) is 4.79 Å². The Bertz CT molecular complexity index is 1300. The third kappa shape index (κ3) is 3.97. The molecule has 6 heteroatoms. The molecule has 1 N–H and O–H groups in total. The Labute approximate surface area is 179 Å². The average molecular weight is 417 g/mol. The van der Waals surface area contributed by atoms with E-state index in [2.05, 4.69) is 5.32 Å². The predicted octanol–water partition coefficient (Wildman–Crippen LogP) is 5.40. The van der Waals surface area contributed by atoms with Gasteiger partial charge in [-0.1, -0.05) is 35.9 Å². The molecule has 0 aliphatic heterocycles. The number of para-hydroxylation sites is 1. The molecule has 1 heterocycles. The van der Waals surface area contributed by atoms with Crippen LogP contribution >= 0.6 is 0 Å². The Morgan fingerprint density at radius 1 is 0.968 bits per heavy atom. The summed E-state index contributed by atoms with van der Waals surface area (Å²) in [5, 5.41) is 4.63. The summed E-state index contributed by atoms with van der Waals surface area (Å²) < 4.78 is 16.8. The van der Waals surface area contributed by atoms with Crippen LogP contribution in [-0.4, -0.2) is 25.1 Å². The molecule has 0 aliphatic carbocycles. The van der Waals surface area contributed by atoms with E-state index in [1.165, 1.54) is 14.0 Å². The van der Waals surface area contributed by atoms with Gasteiger partial charge >= 0.3 is 5.97 Å². The quantitative estimate of drug-likeness (QED) is 0.440. The fraction of sp³-hybridized carbons (Fsp3) is 0.200. The van der Waals surface area contributed by atoms with Crippen molar-refractivity contribution in [1.29, 1.82) is 0 Å². The number of anilines is 1. The molecule has 0 bridgehead atoms. The number of hydrogen-bond acceptors (Lipinski definition) is 5. The van der Waals surface area contributed by atoms with E-state index in [0.29, 0.717) is 22.6 Å². The number of fused-ring (bicyclic) bond motifs is 3.